The van der Waals surface area contributed by atoms with Crippen molar-refractivity contribution in [1.82, 2.24) is 0 Å². The minimum absolute atomic E-state index is 0.187. The minimum atomic E-state index is -4.64. The Labute approximate surface area is 361 Å². The first-order valence-corrected chi connectivity index (χ1v) is 25.4. The van der Waals surface area contributed by atoms with E-state index in [1.54, 1.807) is 0 Å². The Morgan fingerprint density at radius 3 is 1.10 bits per heavy atom. The summed E-state index contributed by atoms with van der Waals surface area (Å²) in [5.74, 6) is -1.02. The van der Waals surface area contributed by atoms with Crippen molar-refractivity contribution < 1.29 is 47.8 Å². The fraction of sp³-hybridized carbons (Fsp3) is 0.833. The zero-order valence-corrected chi connectivity index (χ0v) is 38.6. The topological polar surface area (TPSA) is 149 Å². The highest BCUT2D eigenvalue weighted by Gasteiger charge is 2.27. The van der Waals surface area contributed by atoms with Crippen molar-refractivity contribution in [3.63, 3.8) is 0 Å². The van der Waals surface area contributed by atoms with Gasteiger partial charge in [0.05, 0.1) is 26.4 Å². The third kappa shape index (κ3) is 42.7. The van der Waals surface area contributed by atoms with Gasteiger partial charge in [-0.2, -0.15) is 0 Å². The summed E-state index contributed by atoms with van der Waals surface area (Å²) in [5, 5.41) is 19.2. The second-order valence-electron chi connectivity index (χ2n) is 16.1. The van der Waals surface area contributed by atoms with Gasteiger partial charge in [-0.3, -0.25) is 18.6 Å². The van der Waals surface area contributed by atoms with Gasteiger partial charge in [0.25, 0.3) is 0 Å². The molecule has 0 aliphatic heterocycles. The predicted octanol–water partition coefficient (Wildman–Crippen LogP) is 13.1. The minimum Gasteiger partial charge on any atom is -0.457 e. The zero-order chi connectivity index (χ0) is 43.3. The van der Waals surface area contributed by atoms with E-state index in [9.17, 15) is 29.3 Å². The van der Waals surface area contributed by atoms with Crippen LogP contribution in [0.1, 0.15) is 219 Å². The van der Waals surface area contributed by atoms with E-state index in [1.165, 1.54) is 122 Å². The SMILES string of the molecule is CCCCC/C=C\C/C=C\CCCCCCCCCCCC(=O)OC(CO)COP(=O)(O)OCC(CO)OC(=O)CCCCCCCCC/C=C\CCCCCCCC. The van der Waals surface area contributed by atoms with Crippen LogP contribution in [-0.2, 0) is 32.7 Å². The number of esters is 2. The first kappa shape index (κ1) is 57.2. The highest BCUT2D eigenvalue weighted by atomic mass is 31.2. The summed E-state index contributed by atoms with van der Waals surface area (Å²) in [6, 6.07) is 0. The smallest absolute Gasteiger partial charge is 0.457 e. The third-order valence-electron chi connectivity index (χ3n) is 10.3. The van der Waals surface area contributed by atoms with Crippen LogP contribution in [0.4, 0.5) is 0 Å². The lowest BCUT2D eigenvalue weighted by Crippen LogP contribution is -2.28. The standard InChI is InChI=1S/C48H89O10P/c1-3-5-7-9-11-13-15-17-19-21-22-24-26-28-30-32-34-36-38-40-48(52)58-46(42-50)44-56-59(53,54)55-43-45(41-49)57-47(51)39-37-35-33-31-29-27-25-23-20-18-16-14-12-10-8-6-4-2/h11,13,17-20,45-46,49-50H,3-10,12,14-16,21-44H2,1-2H3,(H,53,54)/b13-11-,19-17-,20-18-. The first-order chi connectivity index (χ1) is 28.8. The van der Waals surface area contributed by atoms with Crippen molar-refractivity contribution in [2.75, 3.05) is 26.4 Å². The number of aliphatic hydroxyl groups excluding tert-OH is 2. The molecule has 3 unspecified atom stereocenters. The van der Waals surface area contributed by atoms with Gasteiger partial charge in [-0.25, -0.2) is 4.57 Å². The molecule has 0 aromatic rings. The molecule has 0 aliphatic carbocycles. The molecule has 0 amide bonds. The number of phosphoric acid groups is 1. The Morgan fingerprint density at radius 1 is 0.458 bits per heavy atom. The summed E-state index contributed by atoms with van der Waals surface area (Å²) in [5.41, 5.74) is 0. The van der Waals surface area contributed by atoms with Gasteiger partial charge >= 0.3 is 19.8 Å². The van der Waals surface area contributed by atoms with Crippen molar-refractivity contribution in [3.8, 4) is 0 Å². The summed E-state index contributed by atoms with van der Waals surface area (Å²) in [6.45, 7) is 2.19. The predicted molar refractivity (Wildman–Crippen MR) is 242 cm³/mol. The van der Waals surface area contributed by atoms with Crippen molar-refractivity contribution in [3.05, 3.63) is 36.5 Å². The van der Waals surface area contributed by atoms with Crippen LogP contribution in [0.25, 0.3) is 0 Å². The maximum absolute atomic E-state index is 12.4. The van der Waals surface area contributed by atoms with E-state index < -0.39 is 58.4 Å². The Hall–Kier alpha value is -1.81. The maximum atomic E-state index is 12.4. The molecule has 0 saturated heterocycles. The number of carbonyl (C=O) groups excluding carboxylic acids is 2. The van der Waals surface area contributed by atoms with E-state index in [0.717, 1.165) is 57.8 Å². The molecule has 0 aromatic heterocycles. The van der Waals surface area contributed by atoms with Crippen LogP contribution in [0, 0.1) is 0 Å². The van der Waals surface area contributed by atoms with Gasteiger partial charge in [-0.05, 0) is 70.6 Å². The fourth-order valence-electron chi connectivity index (χ4n) is 6.61. The van der Waals surface area contributed by atoms with Crippen molar-refractivity contribution in [1.29, 1.82) is 0 Å². The molecule has 0 aromatic carbocycles. The monoisotopic (exact) mass is 857 g/mol. The van der Waals surface area contributed by atoms with E-state index >= 15 is 0 Å². The second-order valence-corrected chi connectivity index (χ2v) is 17.5. The number of hydrogen-bond donors (Lipinski definition) is 3. The van der Waals surface area contributed by atoms with Gasteiger partial charge in [0, 0.05) is 12.8 Å². The van der Waals surface area contributed by atoms with Gasteiger partial charge in [-0.15, -0.1) is 0 Å². The van der Waals surface area contributed by atoms with E-state index in [-0.39, 0.29) is 12.8 Å². The zero-order valence-electron chi connectivity index (χ0n) is 37.7. The van der Waals surface area contributed by atoms with E-state index in [0.29, 0.717) is 12.8 Å². The molecular formula is C48H89O10P. The Morgan fingerprint density at radius 2 is 0.746 bits per heavy atom. The van der Waals surface area contributed by atoms with Crippen LogP contribution in [0.2, 0.25) is 0 Å². The third-order valence-corrected chi connectivity index (χ3v) is 11.3. The molecule has 3 atom stereocenters. The van der Waals surface area contributed by atoms with Crippen LogP contribution < -0.4 is 0 Å². The average Bonchev–Trinajstić information content (AvgIpc) is 3.22. The normalized spacial score (nSPS) is 14.1. The molecule has 59 heavy (non-hydrogen) atoms. The quantitative estimate of drug-likeness (QED) is 0.0234. The lowest BCUT2D eigenvalue weighted by Gasteiger charge is -2.20. The number of unbranched alkanes of at least 4 members (excludes halogenated alkanes) is 25. The number of aliphatic hydroxyl groups is 2. The summed E-state index contributed by atoms with van der Waals surface area (Å²) in [6.07, 6.45) is 46.8. The lowest BCUT2D eigenvalue weighted by molar-refractivity contribution is -0.153. The Kier molecular flexibility index (Phi) is 42.9. The first-order valence-electron chi connectivity index (χ1n) is 23.9. The molecule has 0 aliphatic rings. The van der Waals surface area contributed by atoms with E-state index in [1.807, 2.05) is 0 Å². The average molecular weight is 857 g/mol. The largest absolute Gasteiger partial charge is 0.472 e. The van der Waals surface area contributed by atoms with Crippen LogP contribution in [-0.4, -0.2) is 65.7 Å². The van der Waals surface area contributed by atoms with Crippen molar-refractivity contribution >= 4 is 19.8 Å². The summed E-state index contributed by atoms with van der Waals surface area (Å²) in [4.78, 5) is 34.6. The number of rotatable bonds is 45. The molecule has 0 heterocycles. The molecule has 346 valence electrons. The van der Waals surface area contributed by atoms with Gasteiger partial charge in [-0.1, -0.05) is 172 Å². The van der Waals surface area contributed by atoms with Crippen LogP contribution in [0.15, 0.2) is 36.5 Å². The molecule has 0 rings (SSSR count). The highest BCUT2D eigenvalue weighted by molar-refractivity contribution is 7.47. The van der Waals surface area contributed by atoms with Gasteiger partial charge < -0.3 is 24.6 Å². The number of allylic oxidation sites excluding steroid dienone is 6. The molecule has 0 bridgehead atoms. The van der Waals surface area contributed by atoms with Crippen LogP contribution in [0.5, 0.6) is 0 Å². The lowest BCUT2D eigenvalue weighted by atomic mass is 10.1. The maximum Gasteiger partial charge on any atom is 0.472 e. The summed E-state index contributed by atoms with van der Waals surface area (Å²) in [7, 11) is -4.64. The van der Waals surface area contributed by atoms with E-state index in [2.05, 4.69) is 50.3 Å². The summed E-state index contributed by atoms with van der Waals surface area (Å²) < 4.78 is 32.7. The number of hydrogen-bond acceptors (Lipinski definition) is 9. The van der Waals surface area contributed by atoms with Gasteiger partial charge in [0.2, 0.25) is 0 Å². The Bertz CT molecular complexity index is 1080. The number of carbonyl (C=O) groups is 2. The molecule has 0 fully saturated rings. The fourth-order valence-corrected chi connectivity index (χ4v) is 7.39. The Balaban J connectivity index is 3.88. The van der Waals surface area contributed by atoms with Crippen molar-refractivity contribution in [2.45, 2.75) is 232 Å². The van der Waals surface area contributed by atoms with Crippen molar-refractivity contribution in [2.24, 2.45) is 0 Å². The molecule has 0 spiro atoms. The summed E-state index contributed by atoms with van der Waals surface area (Å²) >= 11 is 0. The molecule has 10 nitrogen and oxygen atoms in total. The number of phosphoric ester groups is 1. The van der Waals surface area contributed by atoms with Crippen LogP contribution >= 0.6 is 7.82 Å². The van der Waals surface area contributed by atoms with Gasteiger partial charge in [0.1, 0.15) is 12.2 Å². The van der Waals surface area contributed by atoms with E-state index in [4.69, 9.17) is 18.5 Å². The molecular weight excluding hydrogens is 767 g/mol. The molecule has 0 radical (unpaired) electrons. The van der Waals surface area contributed by atoms with Crippen LogP contribution in [0.3, 0.4) is 0 Å². The molecule has 0 saturated carbocycles. The highest BCUT2D eigenvalue weighted by Crippen LogP contribution is 2.43. The second kappa shape index (κ2) is 44.3. The van der Waals surface area contributed by atoms with Gasteiger partial charge in [0.15, 0.2) is 0 Å². The molecule has 11 heteroatoms. The molecule has 3 N–H and O–H groups in total. The number of ether oxygens (including phenoxy) is 2.